The summed E-state index contributed by atoms with van der Waals surface area (Å²) >= 11 is 0. The second kappa shape index (κ2) is 6.78. The van der Waals surface area contributed by atoms with Crippen molar-refractivity contribution in [2.75, 3.05) is 6.54 Å². The fraction of sp³-hybridized carbons (Fsp3) is 0.235. The first-order chi connectivity index (χ1) is 10.1. The molecule has 1 heterocycles. The van der Waals surface area contributed by atoms with Crippen LogP contribution in [-0.2, 0) is 0 Å². The highest BCUT2D eigenvalue weighted by molar-refractivity contribution is 5.94. The van der Waals surface area contributed by atoms with Crippen LogP contribution in [0.25, 0.3) is 0 Å². The van der Waals surface area contributed by atoms with Gasteiger partial charge in [-0.3, -0.25) is 4.79 Å². The molecule has 108 valence electrons. The minimum absolute atomic E-state index is 0.144. The minimum atomic E-state index is -0.178. The number of carbonyl (C=O) groups excluding carboxylic acids is 1. The average molecular weight is 282 g/mol. The number of furan rings is 1. The van der Waals surface area contributed by atoms with E-state index in [9.17, 15) is 4.79 Å². The SMILES string of the molecule is Cc1ccc(C(C)NC(=O)c2ccc(C#CCN)cc2)o1. The van der Waals surface area contributed by atoms with Gasteiger partial charge in [-0.1, -0.05) is 11.8 Å². The van der Waals surface area contributed by atoms with E-state index >= 15 is 0 Å². The normalized spacial score (nSPS) is 11.4. The Labute approximate surface area is 124 Å². The fourth-order valence-corrected chi connectivity index (χ4v) is 1.90. The Kier molecular flexibility index (Phi) is 4.81. The third-order valence-electron chi connectivity index (χ3n) is 3.02. The van der Waals surface area contributed by atoms with Gasteiger partial charge in [0.15, 0.2) is 0 Å². The van der Waals surface area contributed by atoms with E-state index < -0.39 is 0 Å². The molecule has 4 nitrogen and oxygen atoms in total. The van der Waals surface area contributed by atoms with Crippen molar-refractivity contribution in [1.29, 1.82) is 0 Å². The Morgan fingerprint density at radius 1 is 1.29 bits per heavy atom. The van der Waals surface area contributed by atoms with Crippen LogP contribution in [0.2, 0.25) is 0 Å². The van der Waals surface area contributed by atoms with Crippen LogP contribution < -0.4 is 11.1 Å². The molecular formula is C17H18N2O2. The number of rotatable bonds is 3. The summed E-state index contributed by atoms with van der Waals surface area (Å²) in [5.41, 5.74) is 6.75. The summed E-state index contributed by atoms with van der Waals surface area (Å²) in [4.78, 5) is 12.2. The van der Waals surface area contributed by atoms with Crippen molar-refractivity contribution in [2.24, 2.45) is 5.73 Å². The van der Waals surface area contributed by atoms with Gasteiger partial charge in [-0.15, -0.1) is 0 Å². The molecule has 2 aromatic rings. The van der Waals surface area contributed by atoms with E-state index in [-0.39, 0.29) is 11.9 Å². The second-order valence-corrected chi connectivity index (χ2v) is 4.73. The highest BCUT2D eigenvalue weighted by Crippen LogP contribution is 2.16. The number of nitrogens with two attached hydrogens (primary N) is 1. The maximum Gasteiger partial charge on any atom is 0.251 e. The summed E-state index contributed by atoms with van der Waals surface area (Å²) in [6.45, 7) is 4.08. The van der Waals surface area contributed by atoms with Crippen LogP contribution in [0, 0.1) is 18.8 Å². The lowest BCUT2D eigenvalue weighted by atomic mass is 10.1. The molecule has 1 atom stereocenters. The van der Waals surface area contributed by atoms with Crippen LogP contribution in [0.1, 0.15) is 40.4 Å². The molecule has 3 N–H and O–H groups in total. The fourth-order valence-electron chi connectivity index (χ4n) is 1.90. The molecule has 1 aromatic heterocycles. The Morgan fingerprint density at radius 2 is 2.00 bits per heavy atom. The predicted molar refractivity (Wildman–Crippen MR) is 81.7 cm³/mol. The van der Waals surface area contributed by atoms with Gasteiger partial charge in [0.1, 0.15) is 11.5 Å². The van der Waals surface area contributed by atoms with Crippen molar-refractivity contribution < 1.29 is 9.21 Å². The summed E-state index contributed by atoms with van der Waals surface area (Å²) < 4.78 is 5.50. The molecule has 0 aliphatic rings. The lowest BCUT2D eigenvalue weighted by Crippen LogP contribution is -2.26. The first kappa shape index (κ1) is 14.9. The number of benzene rings is 1. The molecule has 1 aromatic carbocycles. The van der Waals surface area contributed by atoms with Gasteiger partial charge < -0.3 is 15.5 Å². The van der Waals surface area contributed by atoms with Gasteiger partial charge in [0.05, 0.1) is 12.6 Å². The van der Waals surface area contributed by atoms with Gasteiger partial charge >= 0.3 is 0 Å². The number of amides is 1. The molecule has 0 spiro atoms. The van der Waals surface area contributed by atoms with Crippen LogP contribution in [0.15, 0.2) is 40.8 Å². The van der Waals surface area contributed by atoms with Crippen molar-refractivity contribution in [3.05, 3.63) is 59.0 Å². The first-order valence-electron chi connectivity index (χ1n) is 6.76. The quantitative estimate of drug-likeness (QED) is 0.849. The van der Waals surface area contributed by atoms with Crippen molar-refractivity contribution in [3.8, 4) is 11.8 Å². The van der Waals surface area contributed by atoms with E-state index in [0.29, 0.717) is 12.1 Å². The van der Waals surface area contributed by atoms with E-state index in [0.717, 1.165) is 17.1 Å². The molecule has 0 aliphatic heterocycles. The molecule has 0 saturated heterocycles. The summed E-state index contributed by atoms with van der Waals surface area (Å²) in [7, 11) is 0. The Morgan fingerprint density at radius 3 is 2.57 bits per heavy atom. The summed E-state index contributed by atoms with van der Waals surface area (Å²) in [6.07, 6.45) is 0. The van der Waals surface area contributed by atoms with Gasteiger partial charge in [0.25, 0.3) is 5.91 Å². The van der Waals surface area contributed by atoms with Crippen molar-refractivity contribution in [1.82, 2.24) is 5.32 Å². The number of carbonyl (C=O) groups is 1. The number of nitrogens with one attached hydrogen (secondary N) is 1. The smallest absolute Gasteiger partial charge is 0.251 e. The molecule has 0 saturated carbocycles. The van der Waals surface area contributed by atoms with Gasteiger partial charge in [-0.05, 0) is 50.2 Å². The molecule has 21 heavy (non-hydrogen) atoms. The van der Waals surface area contributed by atoms with E-state index in [1.54, 1.807) is 24.3 Å². The third-order valence-corrected chi connectivity index (χ3v) is 3.02. The van der Waals surface area contributed by atoms with Gasteiger partial charge in [-0.25, -0.2) is 0 Å². The summed E-state index contributed by atoms with van der Waals surface area (Å²) in [6, 6.07) is 10.7. The second-order valence-electron chi connectivity index (χ2n) is 4.73. The monoisotopic (exact) mass is 282 g/mol. The first-order valence-corrected chi connectivity index (χ1v) is 6.76. The highest BCUT2D eigenvalue weighted by Gasteiger charge is 2.13. The zero-order valence-electron chi connectivity index (χ0n) is 12.1. The third kappa shape index (κ3) is 3.98. The molecule has 0 bridgehead atoms. The van der Waals surface area contributed by atoms with E-state index in [2.05, 4.69) is 17.2 Å². The minimum Gasteiger partial charge on any atom is -0.464 e. The Balaban J connectivity index is 2.03. The Bertz CT molecular complexity index is 675. The maximum absolute atomic E-state index is 12.2. The van der Waals surface area contributed by atoms with Gasteiger partial charge in [-0.2, -0.15) is 0 Å². The molecule has 1 amide bonds. The largest absolute Gasteiger partial charge is 0.464 e. The van der Waals surface area contributed by atoms with Crippen molar-refractivity contribution >= 4 is 5.91 Å². The van der Waals surface area contributed by atoms with E-state index in [4.69, 9.17) is 10.2 Å². The van der Waals surface area contributed by atoms with E-state index in [1.807, 2.05) is 26.0 Å². The zero-order chi connectivity index (χ0) is 15.2. The average Bonchev–Trinajstić information content (AvgIpc) is 2.92. The molecule has 4 heteroatoms. The van der Waals surface area contributed by atoms with Crippen LogP contribution in [-0.4, -0.2) is 12.5 Å². The lowest BCUT2D eigenvalue weighted by Gasteiger charge is -2.11. The molecule has 0 radical (unpaired) electrons. The standard InChI is InChI=1S/C17H18N2O2/c1-12-5-10-16(21-12)13(2)19-17(20)15-8-6-14(7-9-15)4-3-11-18/h5-10,13H,11,18H2,1-2H3,(H,19,20). The molecular weight excluding hydrogens is 264 g/mol. The summed E-state index contributed by atoms with van der Waals surface area (Å²) in [5.74, 6) is 7.12. The molecule has 0 aliphatic carbocycles. The topological polar surface area (TPSA) is 68.3 Å². The predicted octanol–water partition coefficient (Wildman–Crippen LogP) is 2.39. The summed E-state index contributed by atoms with van der Waals surface area (Å²) in [5, 5.41) is 2.90. The Hall–Kier alpha value is -2.51. The highest BCUT2D eigenvalue weighted by atomic mass is 16.3. The van der Waals surface area contributed by atoms with Crippen LogP contribution in [0.3, 0.4) is 0 Å². The van der Waals surface area contributed by atoms with Gasteiger partial charge in [0, 0.05) is 11.1 Å². The molecule has 1 unspecified atom stereocenters. The zero-order valence-corrected chi connectivity index (χ0v) is 12.1. The van der Waals surface area contributed by atoms with Crippen molar-refractivity contribution in [3.63, 3.8) is 0 Å². The van der Waals surface area contributed by atoms with Crippen LogP contribution in [0.5, 0.6) is 0 Å². The lowest BCUT2D eigenvalue weighted by molar-refractivity contribution is 0.0935. The number of hydrogen-bond acceptors (Lipinski definition) is 3. The van der Waals surface area contributed by atoms with E-state index in [1.165, 1.54) is 0 Å². The number of hydrogen-bond donors (Lipinski definition) is 2. The maximum atomic E-state index is 12.2. The number of aryl methyl sites for hydroxylation is 1. The molecule has 2 rings (SSSR count). The van der Waals surface area contributed by atoms with Crippen molar-refractivity contribution in [2.45, 2.75) is 19.9 Å². The van der Waals surface area contributed by atoms with Gasteiger partial charge in [0.2, 0.25) is 0 Å². The van der Waals surface area contributed by atoms with Crippen LogP contribution >= 0.6 is 0 Å². The van der Waals surface area contributed by atoms with Crippen LogP contribution in [0.4, 0.5) is 0 Å². The molecule has 0 fully saturated rings.